The first-order chi connectivity index (χ1) is 6.24. The van der Waals surface area contributed by atoms with Crippen molar-refractivity contribution in [2.24, 2.45) is 5.73 Å². The minimum atomic E-state index is 0.117. The summed E-state index contributed by atoms with van der Waals surface area (Å²) in [5.74, 6) is 1.09. The summed E-state index contributed by atoms with van der Waals surface area (Å²) in [5, 5.41) is 0.761. The highest BCUT2D eigenvalue weighted by molar-refractivity contribution is 7.98. The lowest BCUT2D eigenvalue weighted by Crippen LogP contribution is -2.10. The molecule has 0 heterocycles. The number of benzene rings is 1. The molecule has 0 radical (unpaired) electrons. The Morgan fingerprint density at radius 2 is 2.31 bits per heavy atom. The van der Waals surface area contributed by atoms with E-state index in [1.165, 1.54) is 0 Å². The minimum Gasteiger partial charge on any atom is -0.324 e. The normalized spacial score (nSPS) is 12.8. The summed E-state index contributed by atoms with van der Waals surface area (Å²) in [4.78, 5) is 0. The molecule has 0 bridgehead atoms. The molecule has 1 atom stereocenters. The highest BCUT2D eigenvalue weighted by Gasteiger charge is 2.04. The number of rotatable bonds is 4. The number of hydrogen-bond donors (Lipinski definition) is 1. The van der Waals surface area contributed by atoms with Gasteiger partial charge in [0.2, 0.25) is 0 Å². The summed E-state index contributed by atoms with van der Waals surface area (Å²) in [5.41, 5.74) is 7.10. The van der Waals surface area contributed by atoms with Gasteiger partial charge in [-0.05, 0) is 36.1 Å². The van der Waals surface area contributed by atoms with Crippen molar-refractivity contribution in [1.29, 1.82) is 0 Å². The predicted octanol–water partition coefficient (Wildman–Crippen LogP) is 3.09. The molecule has 0 saturated heterocycles. The Kier molecular flexibility index (Phi) is 4.64. The van der Waals surface area contributed by atoms with Gasteiger partial charge >= 0.3 is 0 Å². The summed E-state index contributed by atoms with van der Waals surface area (Å²) in [6.07, 6.45) is 3.09. The Morgan fingerprint density at radius 1 is 1.54 bits per heavy atom. The molecule has 2 N–H and O–H groups in total. The molecule has 1 aromatic rings. The van der Waals surface area contributed by atoms with Crippen molar-refractivity contribution in [3.05, 3.63) is 34.9 Å². The SMILES string of the molecule is CSCCC(N)c1cccc(Cl)c1. The van der Waals surface area contributed by atoms with E-state index in [1.54, 1.807) is 0 Å². The lowest BCUT2D eigenvalue weighted by Gasteiger charge is -2.10. The van der Waals surface area contributed by atoms with E-state index in [1.807, 2.05) is 36.0 Å². The van der Waals surface area contributed by atoms with Crippen molar-refractivity contribution in [3.8, 4) is 0 Å². The third-order valence-electron chi connectivity index (χ3n) is 1.91. The molecule has 0 amide bonds. The number of hydrogen-bond acceptors (Lipinski definition) is 2. The van der Waals surface area contributed by atoms with Gasteiger partial charge in [-0.3, -0.25) is 0 Å². The Bertz CT molecular complexity index is 265. The zero-order chi connectivity index (χ0) is 9.68. The molecule has 1 unspecified atom stereocenters. The van der Waals surface area contributed by atoms with E-state index in [9.17, 15) is 0 Å². The quantitative estimate of drug-likeness (QED) is 0.836. The standard InChI is InChI=1S/C10H14ClNS/c1-13-6-5-10(12)8-3-2-4-9(11)7-8/h2-4,7,10H,5-6,12H2,1H3. The van der Waals surface area contributed by atoms with Crippen LogP contribution in [0.15, 0.2) is 24.3 Å². The van der Waals surface area contributed by atoms with Crippen LogP contribution in [0.5, 0.6) is 0 Å². The van der Waals surface area contributed by atoms with Crippen molar-refractivity contribution >= 4 is 23.4 Å². The molecule has 0 aliphatic heterocycles. The molecular formula is C10H14ClNS. The van der Waals surface area contributed by atoms with E-state index < -0.39 is 0 Å². The van der Waals surface area contributed by atoms with Crippen LogP contribution in [0.2, 0.25) is 5.02 Å². The molecule has 1 nitrogen and oxygen atoms in total. The summed E-state index contributed by atoms with van der Waals surface area (Å²) in [7, 11) is 0. The largest absolute Gasteiger partial charge is 0.324 e. The van der Waals surface area contributed by atoms with E-state index >= 15 is 0 Å². The fourth-order valence-electron chi connectivity index (χ4n) is 1.15. The molecule has 0 spiro atoms. The second-order valence-corrected chi connectivity index (χ2v) is 4.37. The first kappa shape index (κ1) is 10.9. The first-order valence-corrected chi connectivity index (χ1v) is 6.01. The zero-order valence-corrected chi connectivity index (χ0v) is 9.24. The summed E-state index contributed by atoms with van der Waals surface area (Å²) in [6, 6.07) is 7.89. The van der Waals surface area contributed by atoms with Gasteiger partial charge in [-0.1, -0.05) is 23.7 Å². The summed E-state index contributed by atoms with van der Waals surface area (Å²) >= 11 is 7.68. The highest BCUT2D eigenvalue weighted by atomic mass is 35.5. The Hall–Kier alpha value is -0.180. The van der Waals surface area contributed by atoms with Gasteiger partial charge in [0.15, 0.2) is 0 Å². The van der Waals surface area contributed by atoms with Crippen LogP contribution in [0.1, 0.15) is 18.0 Å². The minimum absolute atomic E-state index is 0.117. The average Bonchev–Trinajstić information content (AvgIpc) is 2.14. The van der Waals surface area contributed by atoms with Crippen LogP contribution in [-0.4, -0.2) is 12.0 Å². The Labute approximate surface area is 88.7 Å². The smallest absolute Gasteiger partial charge is 0.0409 e. The second-order valence-electron chi connectivity index (χ2n) is 2.94. The fourth-order valence-corrected chi connectivity index (χ4v) is 1.84. The molecule has 0 aliphatic rings. The lowest BCUT2D eigenvalue weighted by molar-refractivity contribution is 0.706. The average molecular weight is 216 g/mol. The number of thioether (sulfide) groups is 1. The topological polar surface area (TPSA) is 26.0 Å². The third kappa shape index (κ3) is 3.59. The van der Waals surface area contributed by atoms with Crippen LogP contribution in [0.4, 0.5) is 0 Å². The van der Waals surface area contributed by atoms with E-state index in [4.69, 9.17) is 17.3 Å². The highest BCUT2D eigenvalue weighted by Crippen LogP contribution is 2.19. The molecule has 1 rings (SSSR count). The molecule has 0 saturated carbocycles. The Balaban J connectivity index is 2.60. The number of nitrogens with two attached hydrogens (primary N) is 1. The van der Waals surface area contributed by atoms with Crippen LogP contribution >= 0.6 is 23.4 Å². The van der Waals surface area contributed by atoms with E-state index in [-0.39, 0.29) is 6.04 Å². The summed E-state index contributed by atoms with van der Waals surface area (Å²) < 4.78 is 0. The van der Waals surface area contributed by atoms with Gasteiger partial charge in [0, 0.05) is 11.1 Å². The lowest BCUT2D eigenvalue weighted by atomic mass is 10.1. The summed E-state index contributed by atoms with van der Waals surface area (Å²) in [6.45, 7) is 0. The van der Waals surface area contributed by atoms with E-state index in [0.717, 1.165) is 22.8 Å². The maximum atomic E-state index is 5.98. The van der Waals surface area contributed by atoms with Crippen LogP contribution in [0, 0.1) is 0 Å². The first-order valence-electron chi connectivity index (χ1n) is 4.24. The van der Waals surface area contributed by atoms with Crippen molar-refractivity contribution < 1.29 is 0 Å². The molecule has 13 heavy (non-hydrogen) atoms. The molecule has 0 aliphatic carbocycles. The predicted molar refractivity (Wildman–Crippen MR) is 61.4 cm³/mol. The number of halogens is 1. The molecule has 1 aromatic carbocycles. The van der Waals surface area contributed by atoms with E-state index in [2.05, 4.69) is 6.26 Å². The maximum Gasteiger partial charge on any atom is 0.0409 e. The monoisotopic (exact) mass is 215 g/mol. The zero-order valence-electron chi connectivity index (χ0n) is 7.66. The van der Waals surface area contributed by atoms with Crippen molar-refractivity contribution in [1.82, 2.24) is 0 Å². The molecule has 72 valence electrons. The van der Waals surface area contributed by atoms with Gasteiger partial charge in [-0.2, -0.15) is 11.8 Å². The molecular weight excluding hydrogens is 202 g/mol. The molecule has 0 aromatic heterocycles. The van der Waals surface area contributed by atoms with Crippen LogP contribution in [0.3, 0.4) is 0 Å². The van der Waals surface area contributed by atoms with Crippen LogP contribution in [-0.2, 0) is 0 Å². The Morgan fingerprint density at radius 3 is 2.92 bits per heavy atom. The fraction of sp³-hybridized carbons (Fsp3) is 0.400. The molecule has 3 heteroatoms. The van der Waals surface area contributed by atoms with Gasteiger partial charge < -0.3 is 5.73 Å². The second kappa shape index (κ2) is 5.53. The third-order valence-corrected chi connectivity index (χ3v) is 2.79. The van der Waals surface area contributed by atoms with Gasteiger partial charge in [-0.25, -0.2) is 0 Å². The van der Waals surface area contributed by atoms with Gasteiger partial charge in [0.05, 0.1) is 0 Å². The van der Waals surface area contributed by atoms with E-state index in [0.29, 0.717) is 0 Å². The van der Waals surface area contributed by atoms with Crippen molar-refractivity contribution in [2.45, 2.75) is 12.5 Å². The molecule has 0 fully saturated rings. The van der Waals surface area contributed by atoms with Gasteiger partial charge in [0.1, 0.15) is 0 Å². The van der Waals surface area contributed by atoms with Crippen molar-refractivity contribution in [2.75, 3.05) is 12.0 Å². The van der Waals surface area contributed by atoms with Gasteiger partial charge in [-0.15, -0.1) is 0 Å². The van der Waals surface area contributed by atoms with Crippen molar-refractivity contribution in [3.63, 3.8) is 0 Å². The van der Waals surface area contributed by atoms with Gasteiger partial charge in [0.25, 0.3) is 0 Å². The maximum absolute atomic E-state index is 5.98. The van der Waals surface area contributed by atoms with Crippen LogP contribution in [0.25, 0.3) is 0 Å². The van der Waals surface area contributed by atoms with Crippen LogP contribution < -0.4 is 5.73 Å².